The van der Waals surface area contributed by atoms with Crippen LogP contribution in [0, 0.1) is 5.92 Å². The summed E-state index contributed by atoms with van der Waals surface area (Å²) >= 11 is 0. The van der Waals surface area contributed by atoms with Crippen molar-refractivity contribution in [2.75, 3.05) is 28.2 Å². The van der Waals surface area contributed by atoms with Gasteiger partial charge in [-0.1, -0.05) is 33.4 Å². The minimum Gasteiger partial charge on any atom is -0.366 e. The fourth-order valence-corrected chi connectivity index (χ4v) is 4.32. The Morgan fingerprint density at radius 1 is 1.30 bits per heavy atom. The third kappa shape index (κ3) is 4.07. The molecule has 2 aliphatic heterocycles. The van der Waals surface area contributed by atoms with Crippen molar-refractivity contribution in [3.63, 3.8) is 0 Å². The average molecular weight is 404 g/mol. The van der Waals surface area contributed by atoms with Crippen molar-refractivity contribution in [3.05, 3.63) is 60.7 Å². The highest BCUT2D eigenvalue weighted by molar-refractivity contribution is 5.77. The van der Waals surface area contributed by atoms with E-state index in [0.29, 0.717) is 6.04 Å². The van der Waals surface area contributed by atoms with E-state index in [2.05, 4.69) is 71.4 Å². The average Bonchev–Trinajstić information content (AvgIpc) is 3.16. The number of hydrogen-bond donors (Lipinski definition) is 1. The Labute approximate surface area is 180 Å². The summed E-state index contributed by atoms with van der Waals surface area (Å²) < 4.78 is 0. The van der Waals surface area contributed by atoms with Crippen LogP contribution in [0.15, 0.2) is 49.4 Å². The van der Waals surface area contributed by atoms with Crippen LogP contribution < -0.4 is 15.1 Å². The zero-order valence-corrected chi connectivity index (χ0v) is 18.5. The first-order valence-corrected chi connectivity index (χ1v) is 11.1. The zero-order valence-electron chi connectivity index (χ0n) is 18.5. The molecule has 2 aromatic rings. The molecule has 1 fully saturated rings. The Morgan fingerprint density at radius 3 is 2.90 bits per heavy atom. The van der Waals surface area contributed by atoms with Gasteiger partial charge in [0.2, 0.25) is 0 Å². The van der Waals surface area contributed by atoms with Crippen LogP contribution in [0.2, 0.25) is 0 Å². The molecule has 2 unspecified atom stereocenters. The van der Waals surface area contributed by atoms with Gasteiger partial charge in [-0.25, -0.2) is 9.97 Å². The summed E-state index contributed by atoms with van der Waals surface area (Å²) in [6.45, 7) is 17.1. The lowest BCUT2D eigenvalue weighted by molar-refractivity contribution is 0.516. The van der Waals surface area contributed by atoms with Gasteiger partial charge in [-0.05, 0) is 67.5 Å². The van der Waals surface area contributed by atoms with E-state index in [4.69, 9.17) is 4.98 Å². The minimum atomic E-state index is 0.374. The Kier molecular flexibility index (Phi) is 5.80. The van der Waals surface area contributed by atoms with Crippen LogP contribution in [0.5, 0.6) is 0 Å². The van der Waals surface area contributed by atoms with Crippen molar-refractivity contribution in [1.29, 1.82) is 0 Å². The lowest BCUT2D eigenvalue weighted by Gasteiger charge is -2.38. The van der Waals surface area contributed by atoms with Gasteiger partial charge in [0.1, 0.15) is 11.6 Å². The summed E-state index contributed by atoms with van der Waals surface area (Å²) in [6.07, 6.45) is 6.49. The second-order valence-corrected chi connectivity index (χ2v) is 8.75. The second kappa shape index (κ2) is 8.50. The molecule has 2 bridgehead atoms. The van der Waals surface area contributed by atoms with E-state index >= 15 is 0 Å². The maximum Gasteiger partial charge on any atom is 0.158 e. The highest BCUT2D eigenvalue weighted by atomic mass is 15.4. The van der Waals surface area contributed by atoms with E-state index in [0.717, 1.165) is 60.6 Å². The van der Waals surface area contributed by atoms with Gasteiger partial charge in [-0.2, -0.15) is 0 Å². The smallest absolute Gasteiger partial charge is 0.158 e. The van der Waals surface area contributed by atoms with Gasteiger partial charge in [0.25, 0.3) is 0 Å². The monoisotopic (exact) mass is 403 g/mol. The van der Waals surface area contributed by atoms with Gasteiger partial charge in [0.15, 0.2) is 5.82 Å². The number of fused-ring (bicyclic) bond motifs is 4. The molecule has 2 aliphatic rings. The van der Waals surface area contributed by atoms with E-state index < -0.39 is 0 Å². The second-order valence-electron chi connectivity index (χ2n) is 8.75. The maximum absolute atomic E-state index is 4.94. The van der Waals surface area contributed by atoms with Crippen molar-refractivity contribution in [2.45, 2.75) is 52.5 Å². The summed E-state index contributed by atoms with van der Waals surface area (Å²) in [6, 6.07) is 8.87. The van der Waals surface area contributed by atoms with E-state index in [-0.39, 0.29) is 0 Å². The van der Waals surface area contributed by atoms with Crippen LogP contribution in [-0.4, -0.2) is 29.1 Å². The Balaban J connectivity index is 1.56. The van der Waals surface area contributed by atoms with Gasteiger partial charge in [-0.3, -0.25) is 0 Å². The molecule has 0 aliphatic carbocycles. The molecule has 5 heteroatoms. The molecule has 0 spiro atoms. The molecule has 0 saturated carbocycles. The van der Waals surface area contributed by atoms with Crippen molar-refractivity contribution in [2.24, 2.45) is 5.92 Å². The molecule has 4 heterocycles. The molecule has 4 rings (SSSR count). The molecule has 1 N–H and O–H groups in total. The standard InChI is InChI=1S/C25H33N5/c1-6-18(4)7-8-20-11-13-26-24(15-20)27-19(5)30-21-12-14-29(16-21)23-10-9-22(17(2)3)28-25(23)30/h9-11,13,15,18,21H,2,5-8,12,14,16H2,1,3-4H3,(H,26,27). The van der Waals surface area contributed by atoms with Gasteiger partial charge in [0, 0.05) is 19.3 Å². The Bertz CT molecular complexity index is 950. The number of anilines is 3. The largest absolute Gasteiger partial charge is 0.366 e. The maximum atomic E-state index is 4.94. The van der Waals surface area contributed by atoms with Crippen molar-refractivity contribution >= 4 is 22.9 Å². The highest BCUT2D eigenvalue weighted by Crippen LogP contribution is 2.41. The fraction of sp³-hybridized carbons (Fsp3) is 0.440. The SMILES string of the molecule is C=C(C)c1ccc2c(n1)N(C(=C)Nc1cc(CCC(C)CC)ccn1)C1CCN2C1. The predicted octanol–water partition coefficient (Wildman–Crippen LogP) is 5.47. The van der Waals surface area contributed by atoms with Crippen molar-refractivity contribution < 1.29 is 0 Å². The van der Waals surface area contributed by atoms with Crippen LogP contribution >= 0.6 is 0 Å². The first-order valence-electron chi connectivity index (χ1n) is 11.1. The fourth-order valence-electron chi connectivity index (χ4n) is 4.32. The van der Waals surface area contributed by atoms with Crippen LogP contribution in [0.4, 0.5) is 17.3 Å². The predicted molar refractivity (Wildman–Crippen MR) is 127 cm³/mol. The highest BCUT2D eigenvalue weighted by Gasteiger charge is 2.38. The van der Waals surface area contributed by atoms with E-state index in [1.165, 1.54) is 24.1 Å². The topological polar surface area (TPSA) is 44.3 Å². The Morgan fingerprint density at radius 2 is 2.13 bits per heavy atom. The van der Waals surface area contributed by atoms with Gasteiger partial charge in [0.05, 0.1) is 17.4 Å². The summed E-state index contributed by atoms with van der Waals surface area (Å²) in [7, 11) is 0. The number of pyridine rings is 2. The number of allylic oxidation sites excluding steroid dienone is 1. The number of nitrogens with zero attached hydrogens (tertiary/aromatic N) is 4. The first-order chi connectivity index (χ1) is 14.5. The molecule has 30 heavy (non-hydrogen) atoms. The molecule has 0 aromatic carbocycles. The summed E-state index contributed by atoms with van der Waals surface area (Å²) in [5.74, 6) is 3.39. The molecular weight excluding hydrogens is 370 g/mol. The molecule has 0 radical (unpaired) electrons. The van der Waals surface area contributed by atoms with E-state index in [1.807, 2.05) is 13.1 Å². The molecule has 1 saturated heterocycles. The van der Waals surface area contributed by atoms with E-state index in [9.17, 15) is 0 Å². The molecule has 2 aromatic heterocycles. The third-order valence-corrected chi connectivity index (χ3v) is 6.40. The summed E-state index contributed by atoms with van der Waals surface area (Å²) in [5.41, 5.74) is 4.39. The van der Waals surface area contributed by atoms with Gasteiger partial charge < -0.3 is 15.1 Å². The first kappa shape index (κ1) is 20.5. The molecule has 5 nitrogen and oxygen atoms in total. The normalized spacial score (nSPS) is 18.2. The quantitative estimate of drug-likeness (QED) is 0.633. The van der Waals surface area contributed by atoms with Crippen LogP contribution in [0.3, 0.4) is 0 Å². The number of rotatable bonds is 8. The van der Waals surface area contributed by atoms with Crippen molar-refractivity contribution in [1.82, 2.24) is 9.97 Å². The molecule has 2 atom stereocenters. The molecule has 158 valence electrons. The Hall–Kier alpha value is -2.82. The van der Waals surface area contributed by atoms with Gasteiger partial charge >= 0.3 is 0 Å². The molecule has 0 amide bonds. The van der Waals surface area contributed by atoms with Crippen LogP contribution in [0.25, 0.3) is 5.57 Å². The van der Waals surface area contributed by atoms with Gasteiger partial charge in [-0.15, -0.1) is 0 Å². The van der Waals surface area contributed by atoms with Crippen LogP contribution in [0.1, 0.15) is 51.3 Å². The third-order valence-electron chi connectivity index (χ3n) is 6.40. The zero-order chi connectivity index (χ0) is 21.3. The number of nitrogens with one attached hydrogen (secondary N) is 1. The lowest BCUT2D eigenvalue weighted by atomic mass is 10.00. The number of aryl methyl sites for hydroxylation is 1. The minimum absolute atomic E-state index is 0.374. The summed E-state index contributed by atoms with van der Waals surface area (Å²) in [4.78, 5) is 14.2. The summed E-state index contributed by atoms with van der Waals surface area (Å²) in [5, 5.41) is 3.47. The number of aromatic nitrogens is 2. The number of hydrogen-bond acceptors (Lipinski definition) is 5. The van der Waals surface area contributed by atoms with Crippen molar-refractivity contribution in [3.8, 4) is 0 Å². The molecular formula is C25H33N5. The van der Waals surface area contributed by atoms with E-state index in [1.54, 1.807) is 0 Å². The lowest BCUT2D eigenvalue weighted by Crippen LogP contribution is -2.43. The van der Waals surface area contributed by atoms with Crippen LogP contribution in [-0.2, 0) is 6.42 Å².